The Kier molecular flexibility index (Phi) is 5.23. The molecule has 0 spiro atoms. The van der Waals surface area contributed by atoms with Gasteiger partial charge in [0.2, 0.25) is 0 Å². The zero-order chi connectivity index (χ0) is 16.0. The van der Waals surface area contributed by atoms with Crippen molar-refractivity contribution in [3.63, 3.8) is 0 Å². The number of carbonyl (C=O) groups excluding carboxylic acids is 1. The van der Waals surface area contributed by atoms with Gasteiger partial charge in [-0.1, -0.05) is 6.07 Å². The highest BCUT2D eigenvalue weighted by Gasteiger charge is 2.27. The minimum Gasteiger partial charge on any atom is -0.484 e. The van der Waals surface area contributed by atoms with Crippen molar-refractivity contribution in [1.29, 1.82) is 0 Å². The van der Waals surface area contributed by atoms with Crippen LogP contribution in [0.3, 0.4) is 0 Å². The van der Waals surface area contributed by atoms with Gasteiger partial charge in [-0.15, -0.1) is 0 Å². The Balaban J connectivity index is 2.48. The number of rotatable bonds is 7. The molecule has 1 aromatic rings. The van der Waals surface area contributed by atoms with Crippen molar-refractivity contribution in [3.05, 3.63) is 34.4 Å². The highest BCUT2D eigenvalue weighted by molar-refractivity contribution is 5.79. The van der Waals surface area contributed by atoms with E-state index in [9.17, 15) is 19.7 Å². The molecular formula is C13H16N2O6. The maximum Gasteiger partial charge on any atom is 0.310 e. The molecule has 1 rings (SSSR count). The molecule has 0 saturated heterocycles. The molecular weight excluding hydrogens is 280 g/mol. The van der Waals surface area contributed by atoms with Gasteiger partial charge in [0.1, 0.15) is 5.75 Å². The second-order valence-corrected chi connectivity index (χ2v) is 5.01. The molecule has 8 heteroatoms. The summed E-state index contributed by atoms with van der Waals surface area (Å²) in [4.78, 5) is 32.4. The third kappa shape index (κ3) is 5.09. The van der Waals surface area contributed by atoms with Crippen LogP contribution in [-0.2, 0) is 9.59 Å². The van der Waals surface area contributed by atoms with Gasteiger partial charge in [-0.3, -0.25) is 19.7 Å². The van der Waals surface area contributed by atoms with Crippen molar-refractivity contribution in [2.45, 2.75) is 13.8 Å². The van der Waals surface area contributed by atoms with Gasteiger partial charge < -0.3 is 15.2 Å². The number of carboxylic acid groups (broad SMARTS) is 1. The van der Waals surface area contributed by atoms with Gasteiger partial charge in [0.05, 0.1) is 16.4 Å². The lowest BCUT2D eigenvalue weighted by molar-refractivity contribution is -0.384. The second kappa shape index (κ2) is 6.69. The summed E-state index contributed by atoms with van der Waals surface area (Å²) >= 11 is 0. The number of ether oxygens (including phenoxy) is 1. The maximum atomic E-state index is 11.5. The lowest BCUT2D eigenvalue weighted by Gasteiger charge is -2.19. The van der Waals surface area contributed by atoms with Crippen LogP contribution in [0, 0.1) is 15.5 Å². The Morgan fingerprint density at radius 1 is 1.43 bits per heavy atom. The molecule has 0 heterocycles. The van der Waals surface area contributed by atoms with Gasteiger partial charge in [0.15, 0.2) is 6.61 Å². The monoisotopic (exact) mass is 296 g/mol. The summed E-state index contributed by atoms with van der Waals surface area (Å²) in [6, 6.07) is 5.44. The van der Waals surface area contributed by atoms with Crippen LogP contribution >= 0.6 is 0 Å². The third-order valence-electron chi connectivity index (χ3n) is 2.70. The molecule has 1 aromatic carbocycles. The van der Waals surface area contributed by atoms with Crippen LogP contribution in [0.15, 0.2) is 24.3 Å². The lowest BCUT2D eigenvalue weighted by Crippen LogP contribution is -2.40. The summed E-state index contributed by atoms with van der Waals surface area (Å²) in [5.41, 5.74) is -1.22. The molecule has 0 radical (unpaired) electrons. The van der Waals surface area contributed by atoms with Crippen LogP contribution in [0.4, 0.5) is 5.69 Å². The molecule has 0 atom stereocenters. The molecule has 0 saturated carbocycles. The van der Waals surface area contributed by atoms with Crippen LogP contribution in [-0.4, -0.2) is 35.1 Å². The molecule has 21 heavy (non-hydrogen) atoms. The van der Waals surface area contributed by atoms with Crippen LogP contribution in [0.5, 0.6) is 5.75 Å². The fraction of sp³-hybridized carbons (Fsp3) is 0.385. The Hall–Kier alpha value is -2.64. The van der Waals surface area contributed by atoms with Crippen molar-refractivity contribution >= 4 is 17.6 Å². The van der Waals surface area contributed by atoms with E-state index in [1.807, 2.05) is 0 Å². The number of aliphatic carboxylic acids is 1. The summed E-state index contributed by atoms with van der Waals surface area (Å²) in [7, 11) is 0. The zero-order valence-electron chi connectivity index (χ0n) is 11.7. The van der Waals surface area contributed by atoms with Crippen LogP contribution < -0.4 is 10.1 Å². The summed E-state index contributed by atoms with van der Waals surface area (Å²) in [5, 5.41) is 21.9. The van der Waals surface area contributed by atoms with E-state index in [2.05, 4.69) is 5.32 Å². The zero-order valence-corrected chi connectivity index (χ0v) is 11.7. The van der Waals surface area contributed by atoms with Gasteiger partial charge in [0, 0.05) is 12.6 Å². The van der Waals surface area contributed by atoms with Crippen molar-refractivity contribution in [3.8, 4) is 5.75 Å². The third-order valence-corrected chi connectivity index (χ3v) is 2.70. The fourth-order valence-corrected chi connectivity index (χ4v) is 1.28. The molecule has 0 fully saturated rings. The number of nitro groups is 1. The standard InChI is InChI=1S/C13H16N2O6/c1-13(2,12(17)18)8-14-11(16)7-21-10-5-3-4-9(6-10)15(19)20/h3-6H,7-8H2,1-2H3,(H,14,16)(H,17,18). The number of benzene rings is 1. The predicted molar refractivity (Wildman–Crippen MR) is 73.0 cm³/mol. The number of carboxylic acids is 1. The first-order chi connectivity index (χ1) is 9.72. The Labute approximate surface area is 120 Å². The van der Waals surface area contributed by atoms with Crippen LogP contribution in [0.1, 0.15) is 13.8 Å². The quantitative estimate of drug-likeness (QED) is 0.576. The molecule has 114 valence electrons. The van der Waals surface area contributed by atoms with E-state index in [1.54, 1.807) is 0 Å². The van der Waals surface area contributed by atoms with Gasteiger partial charge in [-0.05, 0) is 19.9 Å². The maximum absolute atomic E-state index is 11.5. The molecule has 8 nitrogen and oxygen atoms in total. The van der Waals surface area contributed by atoms with Gasteiger partial charge in [-0.25, -0.2) is 0 Å². The molecule has 0 unspecified atom stereocenters. The number of nitrogens with zero attached hydrogens (tertiary/aromatic N) is 1. The van der Waals surface area contributed by atoms with E-state index in [0.717, 1.165) is 0 Å². The fourth-order valence-electron chi connectivity index (χ4n) is 1.28. The molecule has 0 aliphatic heterocycles. The lowest BCUT2D eigenvalue weighted by atomic mass is 9.94. The number of amides is 1. The topological polar surface area (TPSA) is 119 Å². The van der Waals surface area contributed by atoms with E-state index in [-0.39, 0.29) is 24.6 Å². The first-order valence-electron chi connectivity index (χ1n) is 6.10. The number of hydrogen-bond donors (Lipinski definition) is 2. The SMILES string of the molecule is CC(C)(CNC(=O)COc1cccc([N+](=O)[O-])c1)C(=O)O. The number of hydrogen-bond acceptors (Lipinski definition) is 5. The van der Waals surface area contributed by atoms with Crippen LogP contribution in [0.2, 0.25) is 0 Å². The summed E-state index contributed by atoms with van der Waals surface area (Å²) in [6.07, 6.45) is 0. The summed E-state index contributed by atoms with van der Waals surface area (Å²) < 4.78 is 5.12. The Morgan fingerprint density at radius 2 is 2.10 bits per heavy atom. The molecule has 2 N–H and O–H groups in total. The Bertz CT molecular complexity index is 555. The average Bonchev–Trinajstić information content (AvgIpc) is 2.43. The van der Waals surface area contributed by atoms with Crippen molar-refractivity contribution < 1.29 is 24.4 Å². The van der Waals surface area contributed by atoms with E-state index in [1.165, 1.54) is 38.1 Å². The second-order valence-electron chi connectivity index (χ2n) is 5.01. The number of nitro benzene ring substituents is 1. The first-order valence-corrected chi connectivity index (χ1v) is 6.10. The number of nitrogens with one attached hydrogen (secondary N) is 1. The summed E-state index contributed by atoms with van der Waals surface area (Å²) in [6.45, 7) is 2.57. The Morgan fingerprint density at radius 3 is 2.67 bits per heavy atom. The van der Waals surface area contributed by atoms with E-state index in [0.29, 0.717) is 0 Å². The molecule has 0 aliphatic rings. The predicted octanol–water partition coefficient (Wildman–Crippen LogP) is 1.20. The van der Waals surface area contributed by atoms with Crippen molar-refractivity contribution in [1.82, 2.24) is 5.32 Å². The van der Waals surface area contributed by atoms with Gasteiger partial charge in [-0.2, -0.15) is 0 Å². The largest absolute Gasteiger partial charge is 0.484 e. The minimum atomic E-state index is -1.08. The van der Waals surface area contributed by atoms with E-state index >= 15 is 0 Å². The number of carbonyl (C=O) groups is 2. The minimum absolute atomic E-state index is 0.0422. The molecule has 0 aliphatic carbocycles. The first kappa shape index (κ1) is 16.4. The highest BCUT2D eigenvalue weighted by Crippen LogP contribution is 2.19. The van der Waals surface area contributed by atoms with Gasteiger partial charge >= 0.3 is 5.97 Å². The summed E-state index contributed by atoms with van der Waals surface area (Å²) in [5.74, 6) is -1.34. The smallest absolute Gasteiger partial charge is 0.310 e. The normalized spacial score (nSPS) is 10.8. The van der Waals surface area contributed by atoms with Crippen molar-refractivity contribution in [2.75, 3.05) is 13.2 Å². The molecule has 0 aromatic heterocycles. The number of non-ortho nitro benzene ring substituents is 1. The van der Waals surface area contributed by atoms with Crippen molar-refractivity contribution in [2.24, 2.45) is 5.41 Å². The molecule has 1 amide bonds. The van der Waals surface area contributed by atoms with E-state index < -0.39 is 22.2 Å². The molecule has 0 bridgehead atoms. The van der Waals surface area contributed by atoms with E-state index in [4.69, 9.17) is 9.84 Å². The highest BCUT2D eigenvalue weighted by atomic mass is 16.6. The van der Waals surface area contributed by atoms with Crippen LogP contribution in [0.25, 0.3) is 0 Å². The average molecular weight is 296 g/mol. The van der Waals surface area contributed by atoms with Gasteiger partial charge in [0.25, 0.3) is 11.6 Å².